The highest BCUT2D eigenvalue weighted by molar-refractivity contribution is 5.96. The number of carbonyl (C=O) groups is 2. The first-order valence-electron chi connectivity index (χ1n) is 10.5. The van der Waals surface area contributed by atoms with Crippen LogP contribution in [0.1, 0.15) is 59.7 Å². The number of amides is 1. The zero-order valence-corrected chi connectivity index (χ0v) is 17.9. The predicted octanol–water partition coefficient (Wildman–Crippen LogP) is 4.93. The van der Waals surface area contributed by atoms with Crippen LogP contribution < -0.4 is 10.9 Å². The van der Waals surface area contributed by atoms with E-state index in [-0.39, 0.29) is 18.4 Å². The molecule has 1 N–H and O–H groups in total. The van der Waals surface area contributed by atoms with Gasteiger partial charge in [-0.3, -0.25) is 4.79 Å². The van der Waals surface area contributed by atoms with E-state index < -0.39 is 11.6 Å². The Morgan fingerprint density at radius 3 is 2.65 bits per heavy atom. The Labute approximate surface area is 180 Å². The zero-order valence-electron chi connectivity index (χ0n) is 17.9. The van der Waals surface area contributed by atoms with Crippen LogP contribution in [0.5, 0.6) is 0 Å². The molecule has 1 saturated carbocycles. The van der Waals surface area contributed by atoms with E-state index in [1.54, 1.807) is 24.3 Å². The number of hydrogen-bond donors (Lipinski definition) is 1. The molecule has 0 radical (unpaired) electrons. The predicted molar refractivity (Wildman–Crippen MR) is 118 cm³/mol. The minimum Gasteiger partial charge on any atom is -0.457 e. The van der Waals surface area contributed by atoms with E-state index in [0.29, 0.717) is 28.3 Å². The third-order valence-corrected chi connectivity index (χ3v) is 5.51. The Morgan fingerprint density at radius 1 is 1.16 bits per heavy atom. The molecule has 1 amide bonds. The second-order valence-electron chi connectivity index (χ2n) is 8.37. The van der Waals surface area contributed by atoms with Crippen molar-refractivity contribution in [3.8, 4) is 0 Å². The molecule has 6 heteroatoms. The van der Waals surface area contributed by atoms with Gasteiger partial charge < -0.3 is 14.5 Å². The largest absolute Gasteiger partial charge is 0.457 e. The molecule has 0 saturated heterocycles. The molecule has 1 fully saturated rings. The second-order valence-corrected chi connectivity index (χ2v) is 8.37. The molecule has 1 aromatic heterocycles. The standard InChI is InChI=1S/C25H25NO5/c1-14(2)20-12-21-18(11-23(27)31-22(21)9-15(20)3)13-30-25(29)17-5-4-6-19(10-17)26-24(28)16-7-8-16/h4-6,9-12,14,16H,7-8,13H2,1-3H3,(H,26,28). The van der Waals surface area contributed by atoms with Crippen LogP contribution in [0.15, 0.2) is 51.7 Å². The highest BCUT2D eigenvalue weighted by atomic mass is 16.5. The quantitative estimate of drug-likeness (QED) is 0.452. The molecular weight excluding hydrogens is 394 g/mol. The van der Waals surface area contributed by atoms with E-state index >= 15 is 0 Å². The van der Waals surface area contributed by atoms with Gasteiger partial charge in [0.1, 0.15) is 12.2 Å². The van der Waals surface area contributed by atoms with Crippen LogP contribution >= 0.6 is 0 Å². The maximum Gasteiger partial charge on any atom is 0.338 e. The number of esters is 1. The fourth-order valence-corrected chi connectivity index (χ4v) is 3.67. The SMILES string of the molecule is Cc1cc2oc(=O)cc(COC(=O)c3cccc(NC(=O)C4CC4)c3)c2cc1C(C)C. The first-order chi connectivity index (χ1) is 14.8. The lowest BCUT2D eigenvalue weighted by Crippen LogP contribution is -2.14. The van der Waals surface area contributed by atoms with E-state index in [9.17, 15) is 14.4 Å². The van der Waals surface area contributed by atoms with Crippen molar-refractivity contribution in [2.45, 2.75) is 46.1 Å². The van der Waals surface area contributed by atoms with Gasteiger partial charge in [-0.2, -0.15) is 0 Å². The van der Waals surface area contributed by atoms with Crippen LogP contribution in [0.25, 0.3) is 11.0 Å². The Kier molecular flexibility index (Phi) is 5.63. The summed E-state index contributed by atoms with van der Waals surface area (Å²) in [6, 6.07) is 11.9. The van der Waals surface area contributed by atoms with Gasteiger partial charge in [0, 0.05) is 28.6 Å². The maximum atomic E-state index is 12.6. The van der Waals surface area contributed by atoms with Crippen molar-refractivity contribution < 1.29 is 18.7 Å². The molecule has 1 aliphatic rings. The lowest BCUT2D eigenvalue weighted by atomic mass is 9.95. The Bertz CT molecular complexity index is 1220. The maximum absolute atomic E-state index is 12.6. The van der Waals surface area contributed by atoms with Crippen molar-refractivity contribution in [1.82, 2.24) is 0 Å². The van der Waals surface area contributed by atoms with Crippen molar-refractivity contribution in [2.24, 2.45) is 5.92 Å². The molecular formula is C25H25NO5. The topological polar surface area (TPSA) is 85.6 Å². The number of carbonyl (C=O) groups excluding carboxylic acids is 2. The fraction of sp³-hybridized carbons (Fsp3) is 0.320. The number of rotatable bonds is 6. The van der Waals surface area contributed by atoms with Gasteiger partial charge in [-0.1, -0.05) is 19.9 Å². The summed E-state index contributed by atoms with van der Waals surface area (Å²) in [6.45, 7) is 6.13. The van der Waals surface area contributed by atoms with E-state index in [2.05, 4.69) is 19.2 Å². The highest BCUT2D eigenvalue weighted by Crippen LogP contribution is 2.30. The average Bonchev–Trinajstić information content (AvgIpc) is 3.56. The molecule has 0 atom stereocenters. The molecule has 160 valence electrons. The Hall–Kier alpha value is -3.41. The number of aryl methyl sites for hydroxylation is 1. The molecule has 4 rings (SSSR count). The van der Waals surface area contributed by atoms with Crippen molar-refractivity contribution >= 4 is 28.5 Å². The van der Waals surface area contributed by atoms with Crippen molar-refractivity contribution in [3.05, 3.63) is 75.1 Å². The number of fused-ring (bicyclic) bond motifs is 1. The third kappa shape index (κ3) is 4.68. The van der Waals surface area contributed by atoms with Crippen LogP contribution in [0.2, 0.25) is 0 Å². The van der Waals surface area contributed by atoms with E-state index in [1.165, 1.54) is 6.07 Å². The van der Waals surface area contributed by atoms with Crippen molar-refractivity contribution in [2.75, 3.05) is 5.32 Å². The minimum atomic E-state index is -0.528. The summed E-state index contributed by atoms with van der Waals surface area (Å²) in [6.07, 6.45) is 1.81. The number of ether oxygens (including phenoxy) is 1. The molecule has 0 spiro atoms. The smallest absolute Gasteiger partial charge is 0.338 e. The van der Waals surface area contributed by atoms with Gasteiger partial charge in [0.15, 0.2) is 0 Å². The molecule has 0 unspecified atom stereocenters. The normalized spacial score (nSPS) is 13.4. The summed E-state index contributed by atoms with van der Waals surface area (Å²) in [7, 11) is 0. The first kappa shape index (κ1) is 20.8. The number of hydrogen-bond acceptors (Lipinski definition) is 5. The molecule has 0 bridgehead atoms. The van der Waals surface area contributed by atoms with Crippen LogP contribution in [0, 0.1) is 12.8 Å². The van der Waals surface area contributed by atoms with Gasteiger partial charge in [-0.05, 0) is 67.1 Å². The summed E-state index contributed by atoms with van der Waals surface area (Å²) in [5.74, 6) is -0.169. The minimum absolute atomic E-state index is 0.0238. The first-order valence-corrected chi connectivity index (χ1v) is 10.5. The van der Waals surface area contributed by atoms with Crippen molar-refractivity contribution in [1.29, 1.82) is 0 Å². The number of nitrogens with one attached hydrogen (secondary N) is 1. The van der Waals surface area contributed by atoms with Crippen LogP contribution in [-0.2, 0) is 16.1 Å². The lowest BCUT2D eigenvalue weighted by molar-refractivity contribution is -0.117. The monoisotopic (exact) mass is 419 g/mol. The van der Waals surface area contributed by atoms with Crippen LogP contribution in [0.3, 0.4) is 0 Å². The zero-order chi connectivity index (χ0) is 22.1. The number of benzene rings is 2. The molecule has 3 aromatic rings. The van der Waals surface area contributed by atoms with Crippen LogP contribution in [-0.4, -0.2) is 11.9 Å². The van der Waals surface area contributed by atoms with E-state index in [1.807, 2.05) is 19.1 Å². The molecule has 1 heterocycles. The van der Waals surface area contributed by atoms with Gasteiger partial charge in [-0.25, -0.2) is 9.59 Å². The second kappa shape index (κ2) is 8.38. The van der Waals surface area contributed by atoms with Gasteiger partial charge in [0.05, 0.1) is 5.56 Å². The van der Waals surface area contributed by atoms with Gasteiger partial charge in [0.25, 0.3) is 0 Å². The fourth-order valence-electron chi connectivity index (χ4n) is 3.67. The average molecular weight is 419 g/mol. The molecule has 6 nitrogen and oxygen atoms in total. The van der Waals surface area contributed by atoms with Gasteiger partial charge >= 0.3 is 11.6 Å². The molecule has 31 heavy (non-hydrogen) atoms. The van der Waals surface area contributed by atoms with E-state index in [0.717, 1.165) is 29.4 Å². The lowest BCUT2D eigenvalue weighted by Gasteiger charge is -2.13. The highest BCUT2D eigenvalue weighted by Gasteiger charge is 2.29. The summed E-state index contributed by atoms with van der Waals surface area (Å²) in [4.78, 5) is 36.6. The molecule has 0 aliphatic heterocycles. The van der Waals surface area contributed by atoms with Crippen LogP contribution in [0.4, 0.5) is 5.69 Å². The van der Waals surface area contributed by atoms with E-state index in [4.69, 9.17) is 9.15 Å². The molecule has 1 aliphatic carbocycles. The summed E-state index contributed by atoms with van der Waals surface area (Å²) in [5.41, 5.74) is 3.68. The Morgan fingerprint density at radius 2 is 1.94 bits per heavy atom. The summed E-state index contributed by atoms with van der Waals surface area (Å²) in [5, 5.41) is 3.58. The van der Waals surface area contributed by atoms with Gasteiger partial charge in [0.2, 0.25) is 5.91 Å². The molecule has 2 aromatic carbocycles. The summed E-state index contributed by atoms with van der Waals surface area (Å²) < 4.78 is 10.8. The van der Waals surface area contributed by atoms with Crippen molar-refractivity contribution in [3.63, 3.8) is 0 Å². The third-order valence-electron chi connectivity index (χ3n) is 5.51. The summed E-state index contributed by atoms with van der Waals surface area (Å²) >= 11 is 0. The number of anilines is 1. The Balaban J connectivity index is 1.54. The van der Waals surface area contributed by atoms with Gasteiger partial charge in [-0.15, -0.1) is 0 Å².